The minimum absolute atomic E-state index is 0.0436. The summed E-state index contributed by atoms with van der Waals surface area (Å²) < 4.78 is 7.36. The van der Waals surface area contributed by atoms with Crippen molar-refractivity contribution in [2.45, 2.75) is 45.7 Å². The van der Waals surface area contributed by atoms with Crippen LogP contribution in [0.2, 0.25) is 0 Å². The second-order valence-electron chi connectivity index (χ2n) is 4.42. The first-order valence-corrected chi connectivity index (χ1v) is 6.00. The van der Waals surface area contributed by atoms with Gasteiger partial charge in [-0.1, -0.05) is 6.92 Å². The Hall–Kier alpha value is -0.870. The zero-order valence-corrected chi connectivity index (χ0v) is 10.5. The van der Waals surface area contributed by atoms with Crippen LogP contribution in [0.25, 0.3) is 0 Å². The van der Waals surface area contributed by atoms with E-state index in [0.717, 1.165) is 25.1 Å². The fraction of sp³-hybridized carbons (Fsp3) is 0.750. The van der Waals surface area contributed by atoms with Gasteiger partial charge in [-0.15, -0.1) is 0 Å². The van der Waals surface area contributed by atoms with Gasteiger partial charge in [-0.2, -0.15) is 5.10 Å². The van der Waals surface area contributed by atoms with Crippen molar-refractivity contribution in [3.63, 3.8) is 0 Å². The summed E-state index contributed by atoms with van der Waals surface area (Å²) >= 11 is 0. The van der Waals surface area contributed by atoms with Crippen LogP contribution in [0.3, 0.4) is 0 Å². The number of hydrogen-bond acceptors (Lipinski definition) is 3. The molecule has 0 bridgehead atoms. The van der Waals surface area contributed by atoms with Gasteiger partial charge in [0, 0.05) is 31.3 Å². The van der Waals surface area contributed by atoms with Crippen LogP contribution in [0.5, 0.6) is 0 Å². The number of rotatable bonds is 7. The lowest BCUT2D eigenvalue weighted by atomic mass is 10.2. The third-order valence-corrected chi connectivity index (χ3v) is 2.34. The lowest BCUT2D eigenvalue weighted by Crippen LogP contribution is -2.29. The van der Waals surface area contributed by atoms with Crippen LogP contribution in [0.1, 0.15) is 38.9 Å². The highest BCUT2D eigenvalue weighted by Crippen LogP contribution is 2.05. The van der Waals surface area contributed by atoms with Crippen molar-refractivity contribution < 1.29 is 4.74 Å². The zero-order valence-electron chi connectivity index (χ0n) is 10.5. The summed E-state index contributed by atoms with van der Waals surface area (Å²) in [5.74, 6) is 0. The van der Waals surface area contributed by atoms with E-state index in [1.807, 2.05) is 16.9 Å². The number of ether oxygens (including phenoxy) is 1. The van der Waals surface area contributed by atoms with Crippen molar-refractivity contribution in [2.24, 2.45) is 5.73 Å². The van der Waals surface area contributed by atoms with Crippen molar-refractivity contribution in [3.05, 3.63) is 18.0 Å². The largest absolute Gasteiger partial charge is 0.380 e. The molecule has 2 N–H and O–H groups in total. The molecule has 0 amide bonds. The standard InChI is InChI=1S/C12H23N3O/c1-4-7-16-9-11(13)8-12-5-6-15(14-12)10(2)3/h5-6,10-11H,4,7-9,13H2,1-3H3. The first-order chi connectivity index (χ1) is 7.63. The lowest BCUT2D eigenvalue weighted by Gasteiger charge is -2.10. The number of aromatic nitrogens is 2. The molecule has 1 aromatic heterocycles. The predicted molar refractivity (Wildman–Crippen MR) is 65.4 cm³/mol. The van der Waals surface area contributed by atoms with Crippen molar-refractivity contribution in [2.75, 3.05) is 13.2 Å². The van der Waals surface area contributed by atoms with E-state index < -0.39 is 0 Å². The van der Waals surface area contributed by atoms with Gasteiger partial charge in [0.25, 0.3) is 0 Å². The molecule has 0 aliphatic heterocycles. The maximum atomic E-state index is 5.96. The topological polar surface area (TPSA) is 53.1 Å². The first kappa shape index (κ1) is 13.2. The quantitative estimate of drug-likeness (QED) is 0.719. The van der Waals surface area contributed by atoms with Crippen LogP contribution < -0.4 is 5.73 Å². The first-order valence-electron chi connectivity index (χ1n) is 6.00. The van der Waals surface area contributed by atoms with Crippen LogP contribution in [0.15, 0.2) is 12.3 Å². The minimum atomic E-state index is 0.0436. The number of nitrogens with zero attached hydrogens (tertiary/aromatic N) is 2. The summed E-state index contributed by atoms with van der Waals surface area (Å²) in [6, 6.07) is 2.48. The highest BCUT2D eigenvalue weighted by Gasteiger charge is 2.07. The highest BCUT2D eigenvalue weighted by atomic mass is 16.5. The van der Waals surface area contributed by atoms with Gasteiger partial charge in [-0.05, 0) is 26.3 Å². The average Bonchev–Trinajstić information content (AvgIpc) is 2.66. The number of nitrogens with two attached hydrogens (primary N) is 1. The molecule has 4 nitrogen and oxygen atoms in total. The molecule has 0 aliphatic rings. The summed E-state index contributed by atoms with van der Waals surface area (Å²) in [4.78, 5) is 0. The van der Waals surface area contributed by atoms with E-state index in [4.69, 9.17) is 10.5 Å². The molecule has 1 rings (SSSR count). The van der Waals surface area contributed by atoms with E-state index >= 15 is 0 Å². The third kappa shape index (κ3) is 4.33. The van der Waals surface area contributed by atoms with Crippen molar-refractivity contribution >= 4 is 0 Å². The average molecular weight is 225 g/mol. The van der Waals surface area contributed by atoms with Gasteiger partial charge in [0.2, 0.25) is 0 Å². The summed E-state index contributed by atoms with van der Waals surface area (Å²) in [5.41, 5.74) is 7.00. The normalized spacial score (nSPS) is 13.3. The SMILES string of the molecule is CCCOCC(N)Cc1ccn(C(C)C)n1. The van der Waals surface area contributed by atoms with Gasteiger partial charge < -0.3 is 10.5 Å². The molecule has 1 heterocycles. The van der Waals surface area contributed by atoms with Gasteiger partial charge in [-0.3, -0.25) is 4.68 Å². The predicted octanol–water partition coefficient (Wildman–Crippen LogP) is 1.76. The van der Waals surface area contributed by atoms with Crippen LogP contribution in [-0.4, -0.2) is 29.0 Å². The summed E-state index contributed by atoms with van der Waals surface area (Å²) in [6.07, 6.45) is 3.82. The molecule has 1 aromatic rings. The Labute approximate surface area is 97.8 Å². The molecule has 0 aliphatic carbocycles. The van der Waals surface area contributed by atoms with Gasteiger partial charge >= 0.3 is 0 Å². The van der Waals surface area contributed by atoms with Gasteiger partial charge in [0.05, 0.1) is 12.3 Å². The van der Waals surface area contributed by atoms with Crippen LogP contribution in [-0.2, 0) is 11.2 Å². The Kier molecular flexibility index (Phi) is 5.49. The summed E-state index contributed by atoms with van der Waals surface area (Å²) in [5, 5.41) is 4.46. The molecule has 0 radical (unpaired) electrons. The van der Waals surface area contributed by atoms with E-state index in [2.05, 4.69) is 25.9 Å². The molecule has 16 heavy (non-hydrogen) atoms. The molecule has 92 valence electrons. The Morgan fingerprint density at radius 2 is 2.25 bits per heavy atom. The molecule has 1 unspecified atom stereocenters. The van der Waals surface area contributed by atoms with E-state index in [0.29, 0.717) is 12.6 Å². The number of hydrogen-bond donors (Lipinski definition) is 1. The van der Waals surface area contributed by atoms with Crippen LogP contribution >= 0.6 is 0 Å². The van der Waals surface area contributed by atoms with Crippen molar-refractivity contribution in [1.82, 2.24) is 9.78 Å². The fourth-order valence-electron chi connectivity index (χ4n) is 1.48. The smallest absolute Gasteiger partial charge is 0.0641 e. The van der Waals surface area contributed by atoms with Crippen molar-refractivity contribution in [1.29, 1.82) is 0 Å². The Bertz CT molecular complexity index is 296. The van der Waals surface area contributed by atoms with Gasteiger partial charge in [0.15, 0.2) is 0 Å². The molecule has 0 saturated carbocycles. The zero-order chi connectivity index (χ0) is 12.0. The maximum Gasteiger partial charge on any atom is 0.0641 e. The van der Waals surface area contributed by atoms with E-state index in [1.54, 1.807) is 0 Å². The lowest BCUT2D eigenvalue weighted by molar-refractivity contribution is 0.121. The molecule has 1 atom stereocenters. The Morgan fingerprint density at radius 3 is 2.81 bits per heavy atom. The molecule has 0 aromatic carbocycles. The fourth-order valence-corrected chi connectivity index (χ4v) is 1.48. The molecule has 0 spiro atoms. The molecular weight excluding hydrogens is 202 g/mol. The van der Waals surface area contributed by atoms with E-state index in [1.165, 1.54) is 0 Å². The Morgan fingerprint density at radius 1 is 1.50 bits per heavy atom. The molecule has 4 heteroatoms. The summed E-state index contributed by atoms with van der Waals surface area (Å²) in [6.45, 7) is 7.72. The van der Waals surface area contributed by atoms with Gasteiger partial charge in [-0.25, -0.2) is 0 Å². The van der Waals surface area contributed by atoms with Crippen molar-refractivity contribution in [3.8, 4) is 0 Å². The summed E-state index contributed by atoms with van der Waals surface area (Å²) in [7, 11) is 0. The van der Waals surface area contributed by atoms with Crippen LogP contribution in [0.4, 0.5) is 0 Å². The third-order valence-electron chi connectivity index (χ3n) is 2.34. The monoisotopic (exact) mass is 225 g/mol. The molecule has 0 saturated heterocycles. The second kappa shape index (κ2) is 6.66. The van der Waals surface area contributed by atoms with E-state index in [9.17, 15) is 0 Å². The molecular formula is C12H23N3O. The maximum absolute atomic E-state index is 5.96. The van der Waals surface area contributed by atoms with E-state index in [-0.39, 0.29) is 6.04 Å². The highest BCUT2D eigenvalue weighted by molar-refractivity contribution is 5.01. The minimum Gasteiger partial charge on any atom is -0.380 e. The Balaban J connectivity index is 2.34. The van der Waals surface area contributed by atoms with Gasteiger partial charge in [0.1, 0.15) is 0 Å². The van der Waals surface area contributed by atoms with Crippen LogP contribution in [0, 0.1) is 0 Å². The second-order valence-corrected chi connectivity index (χ2v) is 4.42. The molecule has 0 fully saturated rings.